The molecular formula is C15H20O2. The van der Waals surface area contributed by atoms with E-state index in [0.29, 0.717) is 0 Å². The molecule has 0 radical (unpaired) electrons. The standard InChI is InChI=1S/C15H20O2/c1-11-10-13(8-9-14(11)17-2)15(16)12-6-4-3-5-7-12/h6,8-10,15-16H,3-5,7H2,1-2H3. The zero-order valence-electron chi connectivity index (χ0n) is 10.6. The molecule has 0 fully saturated rings. The molecule has 1 aromatic carbocycles. The van der Waals surface area contributed by atoms with E-state index in [0.717, 1.165) is 29.7 Å². The second-order valence-corrected chi connectivity index (χ2v) is 4.66. The third-order valence-corrected chi connectivity index (χ3v) is 3.41. The minimum atomic E-state index is -0.445. The minimum Gasteiger partial charge on any atom is -0.496 e. The van der Waals surface area contributed by atoms with Crippen LogP contribution in [0.15, 0.2) is 29.8 Å². The lowest BCUT2D eigenvalue weighted by atomic mass is 9.91. The van der Waals surface area contributed by atoms with E-state index in [4.69, 9.17) is 4.74 Å². The van der Waals surface area contributed by atoms with Crippen LogP contribution in [0.3, 0.4) is 0 Å². The van der Waals surface area contributed by atoms with Crippen molar-refractivity contribution in [3.63, 3.8) is 0 Å². The SMILES string of the molecule is COc1ccc(C(O)C2=CCCCC2)cc1C. The topological polar surface area (TPSA) is 29.5 Å². The van der Waals surface area contributed by atoms with Crippen molar-refractivity contribution in [3.05, 3.63) is 41.0 Å². The Bertz CT molecular complexity index is 421. The Balaban J connectivity index is 2.21. The lowest BCUT2D eigenvalue weighted by molar-refractivity contribution is 0.208. The van der Waals surface area contributed by atoms with Gasteiger partial charge in [0.2, 0.25) is 0 Å². The molecule has 0 bridgehead atoms. The summed E-state index contributed by atoms with van der Waals surface area (Å²) < 4.78 is 5.23. The average molecular weight is 232 g/mol. The van der Waals surface area contributed by atoms with Crippen LogP contribution in [-0.4, -0.2) is 12.2 Å². The van der Waals surface area contributed by atoms with Gasteiger partial charge in [-0.2, -0.15) is 0 Å². The van der Waals surface area contributed by atoms with Crippen molar-refractivity contribution in [1.29, 1.82) is 0 Å². The van der Waals surface area contributed by atoms with Crippen molar-refractivity contribution < 1.29 is 9.84 Å². The van der Waals surface area contributed by atoms with Crippen molar-refractivity contribution >= 4 is 0 Å². The molecule has 2 nitrogen and oxygen atoms in total. The van der Waals surface area contributed by atoms with Crippen LogP contribution >= 0.6 is 0 Å². The average Bonchev–Trinajstić information content (AvgIpc) is 2.39. The normalized spacial score (nSPS) is 17.5. The van der Waals surface area contributed by atoms with Crippen LogP contribution in [-0.2, 0) is 0 Å². The molecule has 0 spiro atoms. The predicted molar refractivity (Wildman–Crippen MR) is 69.2 cm³/mol. The van der Waals surface area contributed by atoms with E-state index in [-0.39, 0.29) is 0 Å². The zero-order chi connectivity index (χ0) is 12.3. The smallest absolute Gasteiger partial charge is 0.121 e. The Kier molecular flexibility index (Phi) is 3.85. The molecule has 0 aliphatic heterocycles. The van der Waals surface area contributed by atoms with Crippen molar-refractivity contribution in [2.75, 3.05) is 7.11 Å². The number of benzene rings is 1. The van der Waals surface area contributed by atoms with Crippen molar-refractivity contribution in [1.82, 2.24) is 0 Å². The maximum absolute atomic E-state index is 10.3. The molecule has 0 saturated carbocycles. The number of rotatable bonds is 3. The second-order valence-electron chi connectivity index (χ2n) is 4.66. The van der Waals surface area contributed by atoms with Gasteiger partial charge in [-0.25, -0.2) is 0 Å². The van der Waals surface area contributed by atoms with Crippen molar-refractivity contribution in [2.24, 2.45) is 0 Å². The molecule has 1 aliphatic carbocycles. The van der Waals surface area contributed by atoms with Crippen LogP contribution in [0, 0.1) is 6.92 Å². The number of allylic oxidation sites excluding steroid dienone is 1. The number of aliphatic hydroxyl groups excluding tert-OH is 1. The Labute approximate surface area is 103 Å². The minimum absolute atomic E-state index is 0.445. The first-order valence-electron chi connectivity index (χ1n) is 6.24. The summed E-state index contributed by atoms with van der Waals surface area (Å²) in [5.41, 5.74) is 3.21. The summed E-state index contributed by atoms with van der Waals surface area (Å²) in [5, 5.41) is 10.3. The highest BCUT2D eigenvalue weighted by molar-refractivity contribution is 5.39. The molecule has 1 aliphatic rings. The van der Waals surface area contributed by atoms with Gasteiger partial charge in [-0.15, -0.1) is 0 Å². The molecule has 2 heteroatoms. The molecule has 1 aromatic rings. The summed E-state index contributed by atoms with van der Waals surface area (Å²) in [7, 11) is 1.67. The molecule has 0 heterocycles. The maximum Gasteiger partial charge on any atom is 0.121 e. The number of hydrogen-bond acceptors (Lipinski definition) is 2. The Hall–Kier alpha value is -1.28. The summed E-state index contributed by atoms with van der Waals surface area (Å²) in [6.07, 6.45) is 6.30. The van der Waals surface area contributed by atoms with Crippen LogP contribution in [0.1, 0.15) is 42.9 Å². The quantitative estimate of drug-likeness (QED) is 0.808. The van der Waals surface area contributed by atoms with E-state index in [1.165, 1.54) is 18.4 Å². The highest BCUT2D eigenvalue weighted by Gasteiger charge is 2.16. The van der Waals surface area contributed by atoms with Gasteiger partial charge in [0.25, 0.3) is 0 Å². The largest absolute Gasteiger partial charge is 0.496 e. The Morgan fingerprint density at radius 1 is 1.29 bits per heavy atom. The number of ether oxygens (including phenoxy) is 1. The van der Waals surface area contributed by atoms with Crippen LogP contribution in [0.5, 0.6) is 5.75 Å². The molecule has 2 rings (SSSR count). The molecule has 1 atom stereocenters. The van der Waals surface area contributed by atoms with Crippen LogP contribution in [0.4, 0.5) is 0 Å². The molecule has 92 valence electrons. The molecule has 0 amide bonds. The number of hydrogen-bond donors (Lipinski definition) is 1. The maximum atomic E-state index is 10.3. The van der Waals surface area contributed by atoms with Gasteiger partial charge >= 0.3 is 0 Å². The molecule has 0 saturated heterocycles. The molecule has 1 N–H and O–H groups in total. The fraction of sp³-hybridized carbons (Fsp3) is 0.467. The fourth-order valence-electron chi connectivity index (χ4n) is 2.40. The van der Waals surface area contributed by atoms with Crippen molar-refractivity contribution in [2.45, 2.75) is 38.7 Å². The highest BCUT2D eigenvalue weighted by atomic mass is 16.5. The lowest BCUT2D eigenvalue weighted by Gasteiger charge is -2.19. The third kappa shape index (κ3) is 2.70. The first kappa shape index (κ1) is 12.2. The van der Waals surface area contributed by atoms with Gasteiger partial charge < -0.3 is 9.84 Å². The van der Waals surface area contributed by atoms with Gasteiger partial charge in [0, 0.05) is 0 Å². The zero-order valence-corrected chi connectivity index (χ0v) is 10.6. The summed E-state index contributed by atoms with van der Waals surface area (Å²) in [5.74, 6) is 0.874. The number of aliphatic hydroxyl groups is 1. The summed E-state index contributed by atoms with van der Waals surface area (Å²) in [6, 6.07) is 5.89. The second kappa shape index (κ2) is 5.37. The van der Waals surface area contributed by atoms with E-state index >= 15 is 0 Å². The summed E-state index contributed by atoms with van der Waals surface area (Å²) in [4.78, 5) is 0. The number of aryl methyl sites for hydroxylation is 1. The van der Waals surface area contributed by atoms with Gasteiger partial charge in [0.1, 0.15) is 11.9 Å². The molecule has 1 unspecified atom stereocenters. The molecule has 17 heavy (non-hydrogen) atoms. The van der Waals surface area contributed by atoms with Gasteiger partial charge in [0.15, 0.2) is 0 Å². The van der Waals surface area contributed by atoms with Crippen molar-refractivity contribution in [3.8, 4) is 5.75 Å². The fourth-order valence-corrected chi connectivity index (χ4v) is 2.40. The first-order chi connectivity index (χ1) is 8.22. The van der Waals surface area contributed by atoms with E-state index in [2.05, 4.69) is 6.08 Å². The van der Waals surface area contributed by atoms with Crippen LogP contribution in [0.25, 0.3) is 0 Å². The van der Waals surface area contributed by atoms with Crippen LogP contribution in [0.2, 0.25) is 0 Å². The van der Waals surface area contributed by atoms with E-state index in [1.54, 1.807) is 7.11 Å². The monoisotopic (exact) mass is 232 g/mol. The molecule has 0 aromatic heterocycles. The third-order valence-electron chi connectivity index (χ3n) is 3.41. The highest BCUT2D eigenvalue weighted by Crippen LogP contribution is 2.31. The summed E-state index contributed by atoms with van der Waals surface area (Å²) in [6.45, 7) is 2.00. The van der Waals surface area contributed by atoms with Gasteiger partial charge in [0.05, 0.1) is 7.11 Å². The van der Waals surface area contributed by atoms with Gasteiger partial charge in [-0.1, -0.05) is 12.1 Å². The summed E-state index contributed by atoms with van der Waals surface area (Å²) >= 11 is 0. The van der Waals surface area contributed by atoms with Gasteiger partial charge in [-0.3, -0.25) is 0 Å². The van der Waals surface area contributed by atoms with E-state index < -0.39 is 6.10 Å². The first-order valence-corrected chi connectivity index (χ1v) is 6.24. The van der Waals surface area contributed by atoms with Gasteiger partial charge in [-0.05, 0) is 61.4 Å². The van der Waals surface area contributed by atoms with E-state index in [9.17, 15) is 5.11 Å². The Morgan fingerprint density at radius 2 is 2.12 bits per heavy atom. The molecular weight excluding hydrogens is 212 g/mol. The van der Waals surface area contributed by atoms with E-state index in [1.807, 2.05) is 25.1 Å². The Morgan fingerprint density at radius 3 is 2.71 bits per heavy atom. The predicted octanol–water partition coefficient (Wildman–Crippen LogP) is 3.54. The lowest BCUT2D eigenvalue weighted by Crippen LogP contribution is -2.05. The number of methoxy groups -OCH3 is 1. The van der Waals surface area contributed by atoms with Crippen LogP contribution < -0.4 is 4.74 Å².